The molecule has 0 saturated heterocycles. The second-order valence-corrected chi connectivity index (χ2v) is 5.78. The smallest absolute Gasteiger partial charge is 0.207 e. The lowest BCUT2D eigenvalue weighted by Crippen LogP contribution is -2.23. The van der Waals surface area contributed by atoms with Gasteiger partial charge in [0.1, 0.15) is 17.5 Å². The first-order valence-electron chi connectivity index (χ1n) is 5.58. The van der Waals surface area contributed by atoms with Crippen molar-refractivity contribution in [2.24, 2.45) is 0 Å². The SMILES string of the molecule is O=S(=O)(NCc1ccc(F)cc1F)c1ccc(F)cc1. The van der Waals surface area contributed by atoms with Crippen molar-refractivity contribution in [2.75, 3.05) is 0 Å². The third-order valence-electron chi connectivity index (χ3n) is 2.59. The number of sulfonamides is 1. The fourth-order valence-corrected chi connectivity index (χ4v) is 2.54. The molecule has 20 heavy (non-hydrogen) atoms. The van der Waals surface area contributed by atoms with Gasteiger partial charge in [-0.3, -0.25) is 0 Å². The largest absolute Gasteiger partial charge is 0.240 e. The molecule has 3 nitrogen and oxygen atoms in total. The van der Waals surface area contributed by atoms with Crippen LogP contribution in [0.25, 0.3) is 0 Å². The van der Waals surface area contributed by atoms with Crippen molar-refractivity contribution >= 4 is 10.0 Å². The van der Waals surface area contributed by atoms with Gasteiger partial charge in [0.25, 0.3) is 0 Å². The Hall–Kier alpha value is -1.86. The second kappa shape index (κ2) is 5.64. The van der Waals surface area contributed by atoms with E-state index in [2.05, 4.69) is 4.72 Å². The molecule has 0 fully saturated rings. The first-order valence-corrected chi connectivity index (χ1v) is 7.06. The minimum atomic E-state index is -3.88. The van der Waals surface area contributed by atoms with E-state index in [1.165, 1.54) is 0 Å². The second-order valence-electron chi connectivity index (χ2n) is 4.01. The van der Waals surface area contributed by atoms with Crippen LogP contribution in [0.3, 0.4) is 0 Å². The highest BCUT2D eigenvalue weighted by molar-refractivity contribution is 7.89. The number of hydrogen-bond acceptors (Lipinski definition) is 2. The van der Waals surface area contributed by atoms with Crippen molar-refractivity contribution in [3.63, 3.8) is 0 Å². The fraction of sp³-hybridized carbons (Fsp3) is 0.0769. The lowest BCUT2D eigenvalue weighted by atomic mass is 10.2. The lowest BCUT2D eigenvalue weighted by Gasteiger charge is -2.07. The van der Waals surface area contributed by atoms with E-state index in [1.807, 2.05) is 0 Å². The van der Waals surface area contributed by atoms with Crippen molar-refractivity contribution in [1.82, 2.24) is 4.72 Å². The Kier molecular flexibility index (Phi) is 4.10. The average Bonchev–Trinajstić information content (AvgIpc) is 2.38. The zero-order chi connectivity index (χ0) is 14.8. The van der Waals surface area contributed by atoms with Gasteiger partial charge in [0.15, 0.2) is 0 Å². The summed E-state index contributed by atoms with van der Waals surface area (Å²) in [7, 11) is -3.88. The molecular weight excluding hydrogens is 291 g/mol. The van der Waals surface area contributed by atoms with Crippen molar-refractivity contribution in [2.45, 2.75) is 11.4 Å². The highest BCUT2D eigenvalue weighted by Crippen LogP contribution is 2.13. The molecule has 0 aliphatic carbocycles. The molecule has 1 N–H and O–H groups in total. The van der Waals surface area contributed by atoms with E-state index in [-0.39, 0.29) is 17.0 Å². The van der Waals surface area contributed by atoms with Crippen LogP contribution in [0, 0.1) is 17.5 Å². The molecule has 0 amide bonds. The Morgan fingerprint density at radius 1 is 0.900 bits per heavy atom. The predicted molar refractivity (Wildman–Crippen MR) is 66.8 cm³/mol. The predicted octanol–water partition coefficient (Wildman–Crippen LogP) is 2.58. The Morgan fingerprint density at radius 3 is 2.10 bits per heavy atom. The molecule has 0 saturated carbocycles. The summed E-state index contributed by atoms with van der Waals surface area (Å²) < 4.78 is 64.7. The quantitative estimate of drug-likeness (QED) is 0.943. The number of benzene rings is 2. The standard InChI is InChI=1S/C13H10F3NO2S/c14-10-3-5-12(6-4-10)20(18,19)17-8-9-1-2-11(15)7-13(9)16/h1-7,17H,8H2. The first-order chi connectivity index (χ1) is 9.38. The van der Waals surface area contributed by atoms with Gasteiger partial charge in [0.05, 0.1) is 4.90 Å². The van der Waals surface area contributed by atoms with Crippen molar-refractivity contribution < 1.29 is 21.6 Å². The van der Waals surface area contributed by atoms with Crippen molar-refractivity contribution in [3.8, 4) is 0 Å². The molecule has 0 atom stereocenters. The van der Waals surface area contributed by atoms with Gasteiger partial charge in [-0.25, -0.2) is 26.3 Å². The normalized spacial score (nSPS) is 11.6. The Labute approximate surface area is 114 Å². The van der Waals surface area contributed by atoms with Gasteiger partial charge in [-0.2, -0.15) is 0 Å². The Balaban J connectivity index is 2.15. The highest BCUT2D eigenvalue weighted by Gasteiger charge is 2.14. The molecule has 0 aromatic heterocycles. The summed E-state index contributed by atoms with van der Waals surface area (Å²) in [5, 5.41) is 0. The summed E-state index contributed by atoms with van der Waals surface area (Å²) in [5.74, 6) is -2.15. The van der Waals surface area contributed by atoms with Crippen LogP contribution in [-0.2, 0) is 16.6 Å². The molecule has 0 heterocycles. The first kappa shape index (κ1) is 14.5. The van der Waals surface area contributed by atoms with Gasteiger partial charge in [0, 0.05) is 18.2 Å². The summed E-state index contributed by atoms with van der Waals surface area (Å²) in [5.41, 5.74) is 0.0112. The molecule has 2 aromatic rings. The average molecular weight is 301 g/mol. The molecule has 106 valence electrons. The van der Waals surface area contributed by atoms with Crippen molar-refractivity contribution in [3.05, 3.63) is 65.5 Å². The maximum atomic E-state index is 13.4. The van der Waals surface area contributed by atoms with Gasteiger partial charge in [0.2, 0.25) is 10.0 Å². The van der Waals surface area contributed by atoms with Gasteiger partial charge >= 0.3 is 0 Å². The maximum absolute atomic E-state index is 13.4. The zero-order valence-electron chi connectivity index (χ0n) is 10.1. The molecule has 0 aliphatic rings. The van der Waals surface area contributed by atoms with E-state index in [0.29, 0.717) is 6.07 Å². The minimum absolute atomic E-state index is 0.0112. The summed E-state index contributed by atoms with van der Waals surface area (Å²) in [6.07, 6.45) is 0. The number of rotatable bonds is 4. The third kappa shape index (κ3) is 3.37. The number of halogens is 3. The minimum Gasteiger partial charge on any atom is -0.207 e. The monoisotopic (exact) mass is 301 g/mol. The van der Waals surface area contributed by atoms with E-state index < -0.39 is 27.5 Å². The summed E-state index contributed by atoms with van der Waals surface area (Å²) >= 11 is 0. The van der Waals surface area contributed by atoms with E-state index in [4.69, 9.17) is 0 Å². The summed E-state index contributed by atoms with van der Waals surface area (Å²) in [4.78, 5) is -0.138. The van der Waals surface area contributed by atoms with E-state index in [0.717, 1.165) is 36.4 Å². The molecular formula is C13H10F3NO2S. The van der Waals surface area contributed by atoms with E-state index in [1.54, 1.807) is 0 Å². The highest BCUT2D eigenvalue weighted by atomic mass is 32.2. The molecule has 0 aliphatic heterocycles. The van der Waals surface area contributed by atoms with Crippen LogP contribution in [0.5, 0.6) is 0 Å². The molecule has 2 aromatic carbocycles. The topological polar surface area (TPSA) is 46.2 Å². The van der Waals surface area contributed by atoms with Crippen LogP contribution in [0.1, 0.15) is 5.56 Å². The Morgan fingerprint density at radius 2 is 1.50 bits per heavy atom. The van der Waals surface area contributed by atoms with Crippen molar-refractivity contribution in [1.29, 1.82) is 0 Å². The maximum Gasteiger partial charge on any atom is 0.240 e. The Bertz CT molecular complexity index is 715. The third-order valence-corrected chi connectivity index (χ3v) is 4.01. The van der Waals surface area contributed by atoms with Crippen LogP contribution in [0.4, 0.5) is 13.2 Å². The van der Waals surface area contributed by atoms with Crippen LogP contribution in [0.15, 0.2) is 47.4 Å². The zero-order valence-corrected chi connectivity index (χ0v) is 10.9. The van der Waals surface area contributed by atoms with Crippen LogP contribution in [-0.4, -0.2) is 8.42 Å². The molecule has 0 radical (unpaired) electrons. The molecule has 0 bridgehead atoms. The van der Waals surface area contributed by atoms with Gasteiger partial charge in [-0.1, -0.05) is 6.07 Å². The molecule has 0 unspecified atom stereocenters. The summed E-state index contributed by atoms with van der Waals surface area (Å²) in [6.45, 7) is -0.328. The van der Waals surface area contributed by atoms with Crippen LogP contribution in [0.2, 0.25) is 0 Å². The number of nitrogens with one attached hydrogen (secondary N) is 1. The fourth-order valence-electron chi connectivity index (χ4n) is 1.53. The summed E-state index contributed by atoms with van der Waals surface area (Å²) in [6, 6.07) is 7.06. The van der Waals surface area contributed by atoms with Gasteiger partial charge in [-0.15, -0.1) is 0 Å². The molecule has 0 spiro atoms. The molecule has 7 heteroatoms. The van der Waals surface area contributed by atoms with E-state index in [9.17, 15) is 21.6 Å². The van der Waals surface area contributed by atoms with Crippen LogP contribution < -0.4 is 4.72 Å². The van der Waals surface area contributed by atoms with Gasteiger partial charge < -0.3 is 0 Å². The van der Waals surface area contributed by atoms with Crippen LogP contribution >= 0.6 is 0 Å². The number of hydrogen-bond donors (Lipinski definition) is 1. The van der Waals surface area contributed by atoms with E-state index >= 15 is 0 Å². The lowest BCUT2D eigenvalue weighted by molar-refractivity contribution is 0.562. The van der Waals surface area contributed by atoms with Gasteiger partial charge in [-0.05, 0) is 30.3 Å². The molecule has 2 rings (SSSR count).